The number of hydrogen-bond donors (Lipinski definition) is 0. The molecule has 1 fully saturated rings. The second-order valence-electron chi connectivity index (χ2n) is 6.60. The van der Waals surface area contributed by atoms with Gasteiger partial charge in [-0.15, -0.1) is 10.2 Å². The van der Waals surface area contributed by atoms with Gasteiger partial charge in [0.05, 0.1) is 20.0 Å². The summed E-state index contributed by atoms with van der Waals surface area (Å²) in [6.07, 6.45) is 4.78. The number of methoxy groups -OCH3 is 2. The van der Waals surface area contributed by atoms with Crippen molar-refractivity contribution in [3.8, 4) is 17.1 Å². The van der Waals surface area contributed by atoms with Gasteiger partial charge >= 0.3 is 5.97 Å². The Morgan fingerprint density at radius 1 is 1.19 bits per heavy atom. The lowest BCUT2D eigenvalue weighted by Gasteiger charge is -2.31. The first-order valence-electron chi connectivity index (χ1n) is 8.93. The minimum atomic E-state index is -0.257. The normalized spacial score (nSPS) is 20.0. The molecule has 1 aliphatic rings. The van der Waals surface area contributed by atoms with Crippen molar-refractivity contribution in [3.63, 3.8) is 0 Å². The molecular weight excluding hydrogens is 350 g/mol. The molecule has 2 aromatic rings. The summed E-state index contributed by atoms with van der Waals surface area (Å²) in [6, 6.07) is 8.21. The first-order valence-corrected chi connectivity index (χ1v) is 9.91. The summed E-state index contributed by atoms with van der Waals surface area (Å²) in [4.78, 5) is 11.6. The third-order valence-electron chi connectivity index (χ3n) is 4.96. The summed E-state index contributed by atoms with van der Waals surface area (Å²) in [7, 11) is 3.06. The number of thioether (sulfide) groups is 1. The minimum Gasteiger partial charge on any atom is -0.497 e. The molecule has 3 rings (SSSR count). The zero-order chi connectivity index (χ0) is 18.5. The van der Waals surface area contributed by atoms with Gasteiger partial charge < -0.3 is 9.47 Å². The molecule has 1 aliphatic carbocycles. The Morgan fingerprint density at radius 2 is 1.92 bits per heavy atom. The molecule has 0 amide bonds. The van der Waals surface area contributed by atoms with Gasteiger partial charge in [-0.25, -0.2) is 0 Å². The standard InChI is InChI=1S/C19H25N3O3S/c1-13-6-4-5-7-16(13)22-18(14-8-10-15(24-2)11-9-14)20-21-19(22)26-12-17(23)25-3/h8-11,13,16H,4-7,12H2,1-3H3/t13-,16+/m1/s1. The van der Waals surface area contributed by atoms with Crippen LogP contribution in [0, 0.1) is 5.92 Å². The zero-order valence-electron chi connectivity index (χ0n) is 15.5. The molecule has 140 valence electrons. The van der Waals surface area contributed by atoms with Crippen LogP contribution in [-0.4, -0.2) is 40.7 Å². The van der Waals surface area contributed by atoms with E-state index in [9.17, 15) is 4.79 Å². The lowest BCUT2D eigenvalue weighted by molar-refractivity contribution is -0.137. The summed E-state index contributed by atoms with van der Waals surface area (Å²) < 4.78 is 12.2. The lowest BCUT2D eigenvalue weighted by Crippen LogP contribution is -2.22. The van der Waals surface area contributed by atoms with Gasteiger partial charge in [0.25, 0.3) is 0 Å². The van der Waals surface area contributed by atoms with Crippen molar-refractivity contribution in [2.75, 3.05) is 20.0 Å². The average Bonchev–Trinajstić information content (AvgIpc) is 3.10. The Kier molecular flexibility index (Phi) is 6.19. The molecule has 6 nitrogen and oxygen atoms in total. The number of ether oxygens (including phenoxy) is 2. The third-order valence-corrected chi connectivity index (χ3v) is 5.87. The highest BCUT2D eigenvalue weighted by Gasteiger charge is 2.28. The van der Waals surface area contributed by atoms with E-state index < -0.39 is 0 Å². The summed E-state index contributed by atoms with van der Waals surface area (Å²) in [5.41, 5.74) is 1.00. The fourth-order valence-electron chi connectivity index (χ4n) is 3.47. The number of aromatic nitrogens is 3. The number of hydrogen-bond acceptors (Lipinski definition) is 6. The Balaban J connectivity index is 1.97. The van der Waals surface area contributed by atoms with Crippen LogP contribution in [0.4, 0.5) is 0 Å². The molecule has 0 unspecified atom stereocenters. The van der Waals surface area contributed by atoms with Gasteiger partial charge in [-0.1, -0.05) is 31.5 Å². The summed E-state index contributed by atoms with van der Waals surface area (Å²) in [5.74, 6) is 2.18. The molecule has 1 saturated carbocycles. The Hall–Kier alpha value is -2.02. The highest BCUT2D eigenvalue weighted by Crippen LogP contribution is 2.39. The van der Waals surface area contributed by atoms with Crippen molar-refractivity contribution in [2.45, 2.75) is 43.8 Å². The average molecular weight is 375 g/mol. The van der Waals surface area contributed by atoms with E-state index in [4.69, 9.17) is 9.47 Å². The van der Waals surface area contributed by atoms with Crippen LogP contribution in [0.1, 0.15) is 38.6 Å². The Morgan fingerprint density at radius 3 is 2.58 bits per heavy atom. The molecule has 1 aromatic heterocycles. The fourth-order valence-corrected chi connectivity index (χ4v) is 4.30. The number of benzene rings is 1. The van der Waals surface area contributed by atoms with Crippen molar-refractivity contribution in [3.05, 3.63) is 24.3 Å². The predicted octanol–water partition coefficient (Wildman–Crippen LogP) is 3.97. The lowest BCUT2D eigenvalue weighted by atomic mass is 9.85. The molecule has 2 atom stereocenters. The van der Waals surface area contributed by atoms with E-state index in [1.165, 1.54) is 38.1 Å². The topological polar surface area (TPSA) is 66.2 Å². The summed E-state index contributed by atoms with van der Waals surface area (Å²) in [6.45, 7) is 2.29. The van der Waals surface area contributed by atoms with Gasteiger partial charge in [-0.05, 0) is 43.0 Å². The molecule has 26 heavy (non-hydrogen) atoms. The van der Waals surface area contributed by atoms with Crippen LogP contribution in [-0.2, 0) is 9.53 Å². The van der Waals surface area contributed by atoms with Gasteiger partial charge in [-0.2, -0.15) is 0 Å². The monoisotopic (exact) mass is 375 g/mol. The van der Waals surface area contributed by atoms with Crippen LogP contribution in [0.15, 0.2) is 29.4 Å². The summed E-state index contributed by atoms with van der Waals surface area (Å²) >= 11 is 1.39. The van der Waals surface area contributed by atoms with Gasteiger partial charge in [0.15, 0.2) is 11.0 Å². The fraction of sp³-hybridized carbons (Fsp3) is 0.526. The zero-order valence-corrected chi connectivity index (χ0v) is 16.3. The molecule has 0 spiro atoms. The van der Waals surface area contributed by atoms with Gasteiger partial charge in [0.2, 0.25) is 0 Å². The maximum absolute atomic E-state index is 11.6. The number of nitrogens with zero attached hydrogens (tertiary/aromatic N) is 3. The van der Waals surface area contributed by atoms with E-state index in [-0.39, 0.29) is 11.7 Å². The van der Waals surface area contributed by atoms with Crippen molar-refractivity contribution < 1.29 is 14.3 Å². The van der Waals surface area contributed by atoms with Crippen LogP contribution in [0.2, 0.25) is 0 Å². The molecule has 0 saturated heterocycles. The van der Waals surface area contributed by atoms with Gasteiger partial charge in [-0.3, -0.25) is 9.36 Å². The smallest absolute Gasteiger partial charge is 0.316 e. The first-order chi connectivity index (χ1) is 12.6. The van der Waals surface area contributed by atoms with Crippen molar-refractivity contribution >= 4 is 17.7 Å². The largest absolute Gasteiger partial charge is 0.497 e. The molecule has 1 heterocycles. The molecule has 0 radical (unpaired) electrons. The molecule has 7 heteroatoms. The van der Waals surface area contributed by atoms with E-state index in [1.807, 2.05) is 24.3 Å². The van der Waals surface area contributed by atoms with Crippen LogP contribution in [0.3, 0.4) is 0 Å². The highest BCUT2D eigenvalue weighted by atomic mass is 32.2. The van der Waals surface area contributed by atoms with Crippen LogP contribution < -0.4 is 4.74 Å². The molecule has 0 bridgehead atoms. The van der Waals surface area contributed by atoms with Crippen LogP contribution in [0.25, 0.3) is 11.4 Å². The Labute approximate surface area is 158 Å². The molecule has 0 N–H and O–H groups in total. The molecule has 1 aromatic carbocycles. The summed E-state index contributed by atoms with van der Waals surface area (Å²) in [5, 5.41) is 9.62. The van der Waals surface area contributed by atoms with Crippen LogP contribution in [0.5, 0.6) is 5.75 Å². The maximum atomic E-state index is 11.6. The number of carbonyl (C=O) groups is 1. The quantitative estimate of drug-likeness (QED) is 0.562. The van der Waals surface area contributed by atoms with Crippen molar-refractivity contribution in [2.24, 2.45) is 5.92 Å². The Bertz CT molecular complexity index is 745. The number of carbonyl (C=O) groups excluding carboxylic acids is 1. The number of esters is 1. The molecule has 0 aliphatic heterocycles. The van der Waals surface area contributed by atoms with Crippen LogP contribution >= 0.6 is 11.8 Å². The van der Waals surface area contributed by atoms with E-state index in [0.717, 1.165) is 28.7 Å². The maximum Gasteiger partial charge on any atom is 0.316 e. The predicted molar refractivity (Wildman–Crippen MR) is 101 cm³/mol. The number of rotatable bonds is 6. The van der Waals surface area contributed by atoms with E-state index in [0.29, 0.717) is 12.0 Å². The second-order valence-corrected chi connectivity index (χ2v) is 7.54. The van der Waals surface area contributed by atoms with Gasteiger partial charge in [0.1, 0.15) is 5.75 Å². The SMILES string of the molecule is COC(=O)CSc1nnc(-c2ccc(OC)cc2)n1[C@H]1CCCC[C@H]1C. The van der Waals surface area contributed by atoms with Crippen molar-refractivity contribution in [1.29, 1.82) is 0 Å². The second kappa shape index (κ2) is 8.58. The first kappa shape index (κ1) is 18.8. The third kappa shape index (κ3) is 4.03. The van der Waals surface area contributed by atoms with E-state index in [1.54, 1.807) is 7.11 Å². The minimum absolute atomic E-state index is 0.234. The highest BCUT2D eigenvalue weighted by molar-refractivity contribution is 7.99. The van der Waals surface area contributed by atoms with Gasteiger partial charge in [0, 0.05) is 11.6 Å². The van der Waals surface area contributed by atoms with E-state index in [2.05, 4.69) is 21.7 Å². The van der Waals surface area contributed by atoms with Crippen molar-refractivity contribution in [1.82, 2.24) is 14.8 Å². The molecular formula is C19H25N3O3S. The van der Waals surface area contributed by atoms with E-state index >= 15 is 0 Å².